The topological polar surface area (TPSA) is 74.6 Å². The lowest BCUT2D eigenvalue weighted by atomic mass is 9.97. The Labute approximate surface area is 196 Å². The van der Waals surface area contributed by atoms with E-state index >= 15 is 0 Å². The number of piperidine rings is 1. The maximum atomic E-state index is 13.3. The van der Waals surface area contributed by atoms with E-state index in [4.69, 9.17) is 4.42 Å². The second-order valence-corrected chi connectivity index (χ2v) is 8.79. The van der Waals surface area contributed by atoms with Crippen LogP contribution in [0.4, 0.5) is 14.9 Å². The van der Waals surface area contributed by atoms with Gasteiger partial charge in [0.05, 0.1) is 12.7 Å². The number of urea groups is 1. The molecule has 2 N–H and O–H groups in total. The monoisotopic (exact) mass is 459 g/mol. The van der Waals surface area contributed by atoms with Gasteiger partial charge in [-0.2, -0.15) is 0 Å². The van der Waals surface area contributed by atoms with Crippen LogP contribution in [0.5, 0.6) is 0 Å². The normalized spacial score (nSPS) is 16.0. The van der Waals surface area contributed by atoms with Gasteiger partial charge in [-0.05, 0) is 53.8 Å². The number of halogens is 1. The van der Waals surface area contributed by atoms with Crippen molar-refractivity contribution < 1.29 is 18.4 Å². The van der Waals surface area contributed by atoms with Crippen LogP contribution < -0.4 is 10.6 Å². The standard InChI is InChI=1S/C27H26FN3O3/c28-21-7-3-8-22(14-21)30-27(33)29-15-18-5-4-12-31(16-18)25(32)13-20-17-34-24-11-10-19-6-1-2-9-23(19)26(20)24/h1-3,6-11,14,17-18H,4-5,12-13,15-16H2,(H2,29,30,33). The lowest BCUT2D eigenvalue weighted by Gasteiger charge is -2.33. The van der Waals surface area contributed by atoms with E-state index in [1.54, 1.807) is 18.4 Å². The maximum absolute atomic E-state index is 13.3. The van der Waals surface area contributed by atoms with Gasteiger partial charge in [-0.25, -0.2) is 9.18 Å². The van der Waals surface area contributed by atoms with Crippen molar-refractivity contribution in [3.8, 4) is 0 Å². The Morgan fingerprint density at radius 2 is 1.97 bits per heavy atom. The molecule has 1 aliphatic heterocycles. The van der Waals surface area contributed by atoms with Crippen LogP contribution in [0.3, 0.4) is 0 Å². The van der Waals surface area contributed by atoms with Crippen molar-refractivity contribution in [1.82, 2.24) is 10.2 Å². The average molecular weight is 460 g/mol. The molecule has 0 saturated carbocycles. The quantitative estimate of drug-likeness (QED) is 0.424. The molecule has 34 heavy (non-hydrogen) atoms. The fraction of sp³-hybridized carbons (Fsp3) is 0.259. The molecule has 3 amide bonds. The Kier molecular flexibility index (Phi) is 6.16. The van der Waals surface area contributed by atoms with Crippen molar-refractivity contribution in [3.05, 3.63) is 78.3 Å². The molecule has 3 aromatic carbocycles. The van der Waals surface area contributed by atoms with Crippen LogP contribution in [0.2, 0.25) is 0 Å². The first-order valence-electron chi connectivity index (χ1n) is 11.5. The van der Waals surface area contributed by atoms with E-state index in [0.29, 0.717) is 25.3 Å². The van der Waals surface area contributed by atoms with Crippen LogP contribution in [0, 0.1) is 11.7 Å². The first-order chi connectivity index (χ1) is 16.6. The van der Waals surface area contributed by atoms with Gasteiger partial charge in [0.2, 0.25) is 5.91 Å². The number of hydrogen-bond donors (Lipinski definition) is 2. The zero-order chi connectivity index (χ0) is 23.5. The van der Waals surface area contributed by atoms with E-state index in [2.05, 4.69) is 22.8 Å². The number of carbonyl (C=O) groups is 2. The molecule has 0 spiro atoms. The predicted molar refractivity (Wildman–Crippen MR) is 130 cm³/mol. The molecule has 5 rings (SSSR count). The molecule has 4 aromatic rings. The second-order valence-electron chi connectivity index (χ2n) is 8.79. The lowest BCUT2D eigenvalue weighted by Crippen LogP contribution is -2.44. The Hall–Kier alpha value is -3.87. The SMILES string of the molecule is O=C(NCC1CCCN(C(=O)Cc2coc3ccc4ccccc4c23)C1)Nc1cccc(F)c1. The number of carbonyl (C=O) groups excluding carboxylic acids is 2. The van der Waals surface area contributed by atoms with E-state index in [1.165, 1.54) is 12.1 Å². The molecule has 1 aliphatic rings. The van der Waals surface area contributed by atoms with Gasteiger partial charge in [0.25, 0.3) is 0 Å². The highest BCUT2D eigenvalue weighted by Crippen LogP contribution is 2.30. The lowest BCUT2D eigenvalue weighted by molar-refractivity contribution is -0.132. The van der Waals surface area contributed by atoms with Crippen molar-refractivity contribution in [2.45, 2.75) is 19.3 Å². The number of benzene rings is 3. The van der Waals surface area contributed by atoms with Gasteiger partial charge in [-0.15, -0.1) is 0 Å². The van der Waals surface area contributed by atoms with Gasteiger partial charge in [0, 0.05) is 36.3 Å². The number of hydrogen-bond acceptors (Lipinski definition) is 3. The molecular formula is C27H26FN3O3. The van der Waals surface area contributed by atoms with Crippen molar-refractivity contribution in [2.24, 2.45) is 5.92 Å². The number of anilines is 1. The van der Waals surface area contributed by atoms with E-state index in [1.807, 2.05) is 29.2 Å². The van der Waals surface area contributed by atoms with Crippen LogP contribution in [-0.4, -0.2) is 36.5 Å². The van der Waals surface area contributed by atoms with E-state index < -0.39 is 5.82 Å². The van der Waals surface area contributed by atoms with Gasteiger partial charge in [0.1, 0.15) is 11.4 Å². The van der Waals surface area contributed by atoms with Gasteiger partial charge in [0.15, 0.2) is 0 Å². The summed E-state index contributed by atoms with van der Waals surface area (Å²) in [6, 6.07) is 17.5. The molecule has 174 valence electrons. The van der Waals surface area contributed by atoms with Gasteiger partial charge in [-0.3, -0.25) is 4.79 Å². The van der Waals surface area contributed by atoms with Crippen LogP contribution in [0.1, 0.15) is 18.4 Å². The average Bonchev–Trinajstić information content (AvgIpc) is 3.26. The summed E-state index contributed by atoms with van der Waals surface area (Å²) in [5, 5.41) is 8.68. The van der Waals surface area contributed by atoms with Crippen LogP contribution in [0.15, 0.2) is 71.3 Å². The largest absolute Gasteiger partial charge is 0.464 e. The fourth-order valence-corrected chi connectivity index (χ4v) is 4.72. The van der Waals surface area contributed by atoms with Crippen molar-refractivity contribution in [2.75, 3.05) is 25.0 Å². The summed E-state index contributed by atoms with van der Waals surface area (Å²) in [5.74, 6) is -0.180. The molecule has 1 atom stereocenters. The Morgan fingerprint density at radius 3 is 2.85 bits per heavy atom. The summed E-state index contributed by atoms with van der Waals surface area (Å²) in [6.45, 7) is 1.75. The second kappa shape index (κ2) is 9.55. The molecule has 6 nitrogen and oxygen atoms in total. The number of amides is 3. The van der Waals surface area contributed by atoms with E-state index in [-0.39, 0.29) is 24.3 Å². The summed E-state index contributed by atoms with van der Waals surface area (Å²) < 4.78 is 19.0. The molecule has 2 heterocycles. The minimum atomic E-state index is -0.405. The molecule has 1 unspecified atom stereocenters. The number of furan rings is 1. The summed E-state index contributed by atoms with van der Waals surface area (Å²) in [6.07, 6.45) is 3.79. The zero-order valence-electron chi connectivity index (χ0n) is 18.7. The Balaban J connectivity index is 1.20. The van der Waals surface area contributed by atoms with Gasteiger partial charge < -0.3 is 20.0 Å². The summed E-state index contributed by atoms with van der Waals surface area (Å²) in [5.41, 5.74) is 2.08. The van der Waals surface area contributed by atoms with E-state index in [0.717, 1.165) is 40.1 Å². The minimum absolute atomic E-state index is 0.0598. The van der Waals surface area contributed by atoms with Crippen LogP contribution in [0.25, 0.3) is 21.7 Å². The molecule has 0 radical (unpaired) electrons. The number of nitrogens with zero attached hydrogens (tertiary/aromatic N) is 1. The highest BCUT2D eigenvalue weighted by molar-refractivity contribution is 6.08. The molecule has 1 aromatic heterocycles. The first-order valence-corrected chi connectivity index (χ1v) is 11.5. The summed E-state index contributed by atoms with van der Waals surface area (Å²) in [7, 11) is 0. The minimum Gasteiger partial charge on any atom is -0.464 e. The predicted octanol–water partition coefficient (Wildman–Crippen LogP) is 5.33. The van der Waals surface area contributed by atoms with Gasteiger partial charge in [-0.1, -0.05) is 36.4 Å². The van der Waals surface area contributed by atoms with E-state index in [9.17, 15) is 14.0 Å². The van der Waals surface area contributed by atoms with Crippen LogP contribution >= 0.6 is 0 Å². The molecule has 0 aliphatic carbocycles. The van der Waals surface area contributed by atoms with Crippen molar-refractivity contribution in [1.29, 1.82) is 0 Å². The third-order valence-corrected chi connectivity index (χ3v) is 6.39. The molecule has 1 saturated heterocycles. The van der Waals surface area contributed by atoms with Crippen molar-refractivity contribution in [3.63, 3.8) is 0 Å². The summed E-state index contributed by atoms with van der Waals surface area (Å²) >= 11 is 0. The number of likely N-dealkylation sites (tertiary alicyclic amines) is 1. The number of rotatable bonds is 5. The Morgan fingerprint density at radius 1 is 1.09 bits per heavy atom. The number of nitrogens with one attached hydrogen (secondary N) is 2. The maximum Gasteiger partial charge on any atom is 0.319 e. The van der Waals surface area contributed by atoms with Crippen LogP contribution in [-0.2, 0) is 11.2 Å². The summed E-state index contributed by atoms with van der Waals surface area (Å²) in [4.78, 5) is 27.2. The van der Waals surface area contributed by atoms with Crippen molar-refractivity contribution >= 4 is 39.4 Å². The molecule has 0 bridgehead atoms. The molecule has 1 fully saturated rings. The molecular weight excluding hydrogens is 433 g/mol. The fourth-order valence-electron chi connectivity index (χ4n) is 4.72. The molecule has 7 heteroatoms. The first kappa shape index (κ1) is 21.9. The third kappa shape index (κ3) is 4.73. The highest BCUT2D eigenvalue weighted by atomic mass is 19.1. The highest BCUT2D eigenvalue weighted by Gasteiger charge is 2.25. The Bertz CT molecular complexity index is 1350. The zero-order valence-corrected chi connectivity index (χ0v) is 18.7. The van der Waals surface area contributed by atoms with Gasteiger partial charge >= 0.3 is 6.03 Å². The smallest absolute Gasteiger partial charge is 0.319 e. The third-order valence-electron chi connectivity index (χ3n) is 6.39. The number of fused-ring (bicyclic) bond motifs is 3.